The standard InChI is InChI=1S/C7H5BrF3N/c8-6-2-4(7(10)11)1-5(3-9)12-6/h1-2,7H,3H2. The minimum atomic E-state index is -2.59. The van der Waals surface area contributed by atoms with Crippen LogP contribution in [-0.4, -0.2) is 4.98 Å². The molecule has 0 atom stereocenters. The van der Waals surface area contributed by atoms with Crippen molar-refractivity contribution >= 4 is 15.9 Å². The van der Waals surface area contributed by atoms with Crippen molar-refractivity contribution in [2.45, 2.75) is 13.1 Å². The van der Waals surface area contributed by atoms with E-state index < -0.39 is 13.1 Å². The quantitative estimate of drug-likeness (QED) is 0.723. The van der Waals surface area contributed by atoms with Crippen molar-refractivity contribution in [1.29, 1.82) is 0 Å². The fourth-order valence-electron chi connectivity index (χ4n) is 0.768. The molecule has 1 heterocycles. The first-order chi connectivity index (χ1) is 5.63. The molecule has 0 aliphatic carbocycles. The summed E-state index contributed by atoms with van der Waals surface area (Å²) in [6.45, 7) is -0.834. The lowest BCUT2D eigenvalue weighted by Crippen LogP contribution is -1.92. The summed E-state index contributed by atoms with van der Waals surface area (Å²) >= 11 is 2.91. The Labute approximate surface area is 75.7 Å². The Kier molecular flexibility index (Phi) is 3.08. The van der Waals surface area contributed by atoms with Crippen LogP contribution in [0.4, 0.5) is 13.2 Å². The van der Waals surface area contributed by atoms with Gasteiger partial charge in [-0.1, -0.05) is 0 Å². The van der Waals surface area contributed by atoms with Gasteiger partial charge in [-0.25, -0.2) is 18.2 Å². The lowest BCUT2D eigenvalue weighted by Gasteiger charge is -2.01. The van der Waals surface area contributed by atoms with Gasteiger partial charge in [0.1, 0.15) is 11.3 Å². The molecule has 1 nitrogen and oxygen atoms in total. The van der Waals surface area contributed by atoms with Gasteiger partial charge < -0.3 is 0 Å². The van der Waals surface area contributed by atoms with Gasteiger partial charge in [0, 0.05) is 5.56 Å². The average molecular weight is 240 g/mol. The molecule has 0 saturated carbocycles. The summed E-state index contributed by atoms with van der Waals surface area (Å²) in [6.07, 6.45) is -2.59. The molecule has 0 radical (unpaired) electrons. The van der Waals surface area contributed by atoms with E-state index in [4.69, 9.17) is 0 Å². The van der Waals surface area contributed by atoms with Crippen LogP contribution in [0.2, 0.25) is 0 Å². The van der Waals surface area contributed by atoms with Gasteiger partial charge in [0.05, 0.1) is 5.69 Å². The fraction of sp³-hybridized carbons (Fsp3) is 0.286. The summed E-state index contributed by atoms with van der Waals surface area (Å²) in [5.41, 5.74) is -0.204. The van der Waals surface area contributed by atoms with E-state index in [0.717, 1.165) is 6.07 Å². The Morgan fingerprint density at radius 2 is 2.08 bits per heavy atom. The van der Waals surface area contributed by atoms with E-state index in [1.54, 1.807) is 0 Å². The summed E-state index contributed by atoms with van der Waals surface area (Å²) < 4.78 is 36.4. The van der Waals surface area contributed by atoms with Gasteiger partial charge in [0.2, 0.25) is 0 Å². The maximum Gasteiger partial charge on any atom is 0.264 e. The zero-order valence-corrected chi connectivity index (χ0v) is 7.48. The SMILES string of the molecule is FCc1cc(C(F)F)cc(Br)n1. The minimum Gasteiger partial charge on any atom is -0.244 e. The number of hydrogen-bond acceptors (Lipinski definition) is 1. The van der Waals surface area contributed by atoms with Gasteiger partial charge in [-0.15, -0.1) is 0 Å². The Morgan fingerprint density at radius 3 is 2.58 bits per heavy atom. The highest BCUT2D eigenvalue weighted by molar-refractivity contribution is 9.10. The number of pyridine rings is 1. The molecule has 0 saturated heterocycles. The predicted molar refractivity (Wildman–Crippen MR) is 41.7 cm³/mol. The molecule has 0 aliphatic heterocycles. The molecule has 1 rings (SSSR count). The first kappa shape index (κ1) is 9.51. The van der Waals surface area contributed by atoms with E-state index in [1.807, 2.05) is 0 Å². The Hall–Kier alpha value is -0.580. The first-order valence-corrected chi connectivity index (χ1v) is 3.93. The van der Waals surface area contributed by atoms with Crippen molar-refractivity contribution in [2.24, 2.45) is 0 Å². The molecule has 0 fully saturated rings. The van der Waals surface area contributed by atoms with Crippen molar-refractivity contribution in [3.05, 3.63) is 28.0 Å². The number of nitrogens with zero attached hydrogens (tertiary/aromatic N) is 1. The zero-order chi connectivity index (χ0) is 9.14. The van der Waals surface area contributed by atoms with Crippen molar-refractivity contribution in [3.63, 3.8) is 0 Å². The van der Waals surface area contributed by atoms with E-state index in [0.29, 0.717) is 0 Å². The van der Waals surface area contributed by atoms with Crippen LogP contribution < -0.4 is 0 Å². The molecule has 1 aromatic rings. The second-order valence-corrected chi connectivity index (χ2v) is 2.96. The molecule has 0 aromatic carbocycles. The highest BCUT2D eigenvalue weighted by atomic mass is 79.9. The van der Waals surface area contributed by atoms with Gasteiger partial charge in [-0.3, -0.25) is 0 Å². The molecule has 0 amide bonds. The molecular weight excluding hydrogens is 235 g/mol. The summed E-state index contributed by atoms with van der Waals surface area (Å²) in [5, 5.41) is 0. The average Bonchev–Trinajstić information content (AvgIpc) is 2.03. The van der Waals surface area contributed by atoms with Crippen molar-refractivity contribution in [1.82, 2.24) is 4.98 Å². The van der Waals surface area contributed by atoms with Crippen LogP contribution in [0, 0.1) is 0 Å². The number of aromatic nitrogens is 1. The Balaban J connectivity index is 3.06. The molecule has 66 valence electrons. The third kappa shape index (κ3) is 2.20. The van der Waals surface area contributed by atoms with Crippen molar-refractivity contribution in [3.8, 4) is 0 Å². The highest BCUT2D eigenvalue weighted by Crippen LogP contribution is 2.22. The predicted octanol–water partition coefficient (Wildman–Crippen LogP) is 3.25. The molecule has 0 aliphatic rings. The number of halogens is 4. The summed E-state index contributed by atoms with van der Waals surface area (Å²) in [4.78, 5) is 3.64. The van der Waals surface area contributed by atoms with E-state index in [9.17, 15) is 13.2 Å². The lowest BCUT2D eigenvalue weighted by atomic mass is 10.2. The third-order valence-electron chi connectivity index (χ3n) is 1.26. The summed E-state index contributed by atoms with van der Waals surface area (Å²) in [6, 6.07) is 2.22. The van der Waals surface area contributed by atoms with Gasteiger partial charge in [0.25, 0.3) is 6.43 Å². The maximum atomic E-state index is 12.1. The van der Waals surface area contributed by atoms with E-state index in [-0.39, 0.29) is 15.9 Å². The van der Waals surface area contributed by atoms with E-state index >= 15 is 0 Å². The number of hydrogen-bond donors (Lipinski definition) is 0. The first-order valence-electron chi connectivity index (χ1n) is 3.14. The molecule has 0 N–H and O–H groups in total. The van der Waals surface area contributed by atoms with Gasteiger partial charge in [0.15, 0.2) is 0 Å². The van der Waals surface area contributed by atoms with Crippen molar-refractivity contribution < 1.29 is 13.2 Å². The van der Waals surface area contributed by atoms with Gasteiger partial charge in [-0.2, -0.15) is 0 Å². The molecule has 5 heteroatoms. The monoisotopic (exact) mass is 239 g/mol. The molecular formula is C7H5BrF3N. The van der Waals surface area contributed by atoms with Crippen LogP contribution in [0.3, 0.4) is 0 Å². The fourth-order valence-corrected chi connectivity index (χ4v) is 1.26. The van der Waals surface area contributed by atoms with Crippen LogP contribution in [0.25, 0.3) is 0 Å². The minimum absolute atomic E-state index is 0.0136. The molecule has 0 spiro atoms. The van der Waals surface area contributed by atoms with E-state index in [1.165, 1.54) is 6.07 Å². The Morgan fingerprint density at radius 1 is 1.42 bits per heavy atom. The van der Waals surface area contributed by atoms with Gasteiger partial charge >= 0.3 is 0 Å². The molecule has 0 unspecified atom stereocenters. The topological polar surface area (TPSA) is 12.9 Å². The van der Waals surface area contributed by atoms with Crippen molar-refractivity contribution in [2.75, 3.05) is 0 Å². The summed E-state index contributed by atoms with van der Waals surface area (Å²) in [7, 11) is 0. The summed E-state index contributed by atoms with van der Waals surface area (Å²) in [5.74, 6) is 0. The molecule has 1 aromatic heterocycles. The number of rotatable bonds is 2. The molecule has 12 heavy (non-hydrogen) atoms. The van der Waals surface area contributed by atoms with E-state index in [2.05, 4.69) is 20.9 Å². The largest absolute Gasteiger partial charge is 0.264 e. The normalized spacial score (nSPS) is 10.8. The smallest absolute Gasteiger partial charge is 0.244 e. The second kappa shape index (κ2) is 3.89. The maximum absolute atomic E-state index is 12.1. The number of alkyl halides is 3. The van der Waals surface area contributed by atoms with Crippen LogP contribution in [0.15, 0.2) is 16.7 Å². The van der Waals surface area contributed by atoms with Crippen LogP contribution in [-0.2, 0) is 6.67 Å². The lowest BCUT2D eigenvalue weighted by molar-refractivity contribution is 0.151. The molecule has 0 bridgehead atoms. The highest BCUT2D eigenvalue weighted by Gasteiger charge is 2.09. The second-order valence-electron chi connectivity index (χ2n) is 2.15. The van der Waals surface area contributed by atoms with Crippen LogP contribution in [0.5, 0.6) is 0 Å². The zero-order valence-electron chi connectivity index (χ0n) is 5.90. The Bertz CT molecular complexity index is 277. The van der Waals surface area contributed by atoms with Crippen LogP contribution in [0.1, 0.15) is 17.7 Å². The van der Waals surface area contributed by atoms with Gasteiger partial charge in [-0.05, 0) is 28.1 Å². The van der Waals surface area contributed by atoms with Crippen LogP contribution >= 0.6 is 15.9 Å². The third-order valence-corrected chi connectivity index (χ3v) is 1.66.